The van der Waals surface area contributed by atoms with Crippen LogP contribution in [0, 0.1) is 0 Å². The van der Waals surface area contributed by atoms with Crippen molar-refractivity contribution in [1.82, 2.24) is 10.2 Å². The molecule has 0 heterocycles. The first-order chi connectivity index (χ1) is 18.7. The van der Waals surface area contributed by atoms with Gasteiger partial charge in [0.05, 0.1) is 11.9 Å². The maximum absolute atomic E-state index is 13.6. The van der Waals surface area contributed by atoms with Crippen LogP contribution >= 0.6 is 0 Å². The lowest BCUT2D eigenvalue weighted by atomic mass is 10.1. The first-order valence-electron chi connectivity index (χ1n) is 13.0. The lowest BCUT2D eigenvalue weighted by Crippen LogP contribution is -2.51. The molecule has 0 radical (unpaired) electrons. The molecule has 0 saturated carbocycles. The van der Waals surface area contributed by atoms with Crippen LogP contribution in [-0.2, 0) is 32.8 Å². The van der Waals surface area contributed by atoms with Crippen LogP contribution in [0.25, 0.3) is 0 Å². The maximum Gasteiger partial charge on any atom is 0.244 e. The third-order valence-electron chi connectivity index (χ3n) is 6.24. The standard InChI is InChI=1S/C30H37N3O5S/c1-4-5-20-31-30(35)24(2)32(21-25-12-8-6-9-13-25)29(34)22-33(39(3,36)37)27-16-18-28(19-17-27)38-23-26-14-10-7-11-15-26/h6-19,24H,4-5,20-23H2,1-3H3,(H,31,35)/t24-/m1/s1. The van der Waals surface area contributed by atoms with Crippen molar-refractivity contribution >= 4 is 27.5 Å². The molecule has 39 heavy (non-hydrogen) atoms. The highest BCUT2D eigenvalue weighted by atomic mass is 32.2. The number of anilines is 1. The molecular weight excluding hydrogens is 514 g/mol. The molecule has 0 aliphatic heterocycles. The van der Waals surface area contributed by atoms with Crippen LogP contribution in [0.3, 0.4) is 0 Å². The maximum atomic E-state index is 13.6. The minimum absolute atomic E-state index is 0.173. The van der Waals surface area contributed by atoms with Gasteiger partial charge in [0.25, 0.3) is 0 Å². The topological polar surface area (TPSA) is 96.0 Å². The highest BCUT2D eigenvalue weighted by Crippen LogP contribution is 2.23. The van der Waals surface area contributed by atoms with Gasteiger partial charge >= 0.3 is 0 Å². The monoisotopic (exact) mass is 551 g/mol. The van der Waals surface area contributed by atoms with Gasteiger partial charge < -0.3 is 15.0 Å². The van der Waals surface area contributed by atoms with Gasteiger partial charge in [-0.1, -0.05) is 74.0 Å². The molecule has 1 atom stereocenters. The van der Waals surface area contributed by atoms with E-state index in [4.69, 9.17) is 4.74 Å². The zero-order valence-electron chi connectivity index (χ0n) is 22.7. The van der Waals surface area contributed by atoms with Crippen molar-refractivity contribution in [3.8, 4) is 5.75 Å². The number of carbonyl (C=O) groups is 2. The van der Waals surface area contributed by atoms with Gasteiger partial charge in [-0.05, 0) is 48.7 Å². The predicted molar refractivity (Wildman–Crippen MR) is 154 cm³/mol. The van der Waals surface area contributed by atoms with E-state index in [1.807, 2.05) is 67.6 Å². The van der Waals surface area contributed by atoms with Gasteiger partial charge in [0.2, 0.25) is 21.8 Å². The minimum atomic E-state index is -3.81. The highest BCUT2D eigenvalue weighted by molar-refractivity contribution is 7.92. The van der Waals surface area contributed by atoms with E-state index in [0.29, 0.717) is 24.6 Å². The summed E-state index contributed by atoms with van der Waals surface area (Å²) >= 11 is 0. The van der Waals surface area contributed by atoms with Crippen LogP contribution < -0.4 is 14.4 Å². The van der Waals surface area contributed by atoms with E-state index >= 15 is 0 Å². The van der Waals surface area contributed by atoms with Crippen molar-refractivity contribution in [2.24, 2.45) is 0 Å². The molecule has 3 aromatic carbocycles. The predicted octanol–water partition coefficient (Wildman–Crippen LogP) is 4.37. The fourth-order valence-corrected chi connectivity index (χ4v) is 4.81. The Kier molecular flexibility index (Phi) is 10.9. The Labute approximate surface area is 231 Å². The van der Waals surface area contributed by atoms with Crippen LogP contribution in [0.4, 0.5) is 5.69 Å². The van der Waals surface area contributed by atoms with Crippen molar-refractivity contribution in [2.75, 3.05) is 23.7 Å². The Morgan fingerprint density at radius 2 is 1.49 bits per heavy atom. The smallest absolute Gasteiger partial charge is 0.244 e. The van der Waals surface area contributed by atoms with E-state index in [0.717, 1.165) is 34.5 Å². The van der Waals surface area contributed by atoms with Crippen molar-refractivity contribution in [3.63, 3.8) is 0 Å². The van der Waals surface area contributed by atoms with Crippen molar-refractivity contribution in [3.05, 3.63) is 96.1 Å². The van der Waals surface area contributed by atoms with Gasteiger partial charge in [0.15, 0.2) is 0 Å². The molecule has 2 amide bonds. The van der Waals surface area contributed by atoms with Crippen molar-refractivity contribution < 1.29 is 22.7 Å². The van der Waals surface area contributed by atoms with Crippen molar-refractivity contribution in [2.45, 2.75) is 45.9 Å². The van der Waals surface area contributed by atoms with E-state index < -0.39 is 28.5 Å². The Morgan fingerprint density at radius 3 is 2.05 bits per heavy atom. The molecule has 3 aromatic rings. The first kappa shape index (κ1) is 29.7. The third kappa shape index (κ3) is 9.14. The molecule has 0 bridgehead atoms. The minimum Gasteiger partial charge on any atom is -0.489 e. The number of nitrogens with zero attached hydrogens (tertiary/aromatic N) is 2. The van der Waals surface area contributed by atoms with Crippen LogP contribution in [0.1, 0.15) is 37.8 Å². The van der Waals surface area contributed by atoms with Crippen molar-refractivity contribution in [1.29, 1.82) is 0 Å². The Bertz CT molecular complexity index is 1300. The van der Waals surface area contributed by atoms with Gasteiger partial charge in [0.1, 0.15) is 24.9 Å². The van der Waals surface area contributed by atoms with Crippen LogP contribution in [0.5, 0.6) is 5.75 Å². The van der Waals surface area contributed by atoms with Crippen LogP contribution in [0.2, 0.25) is 0 Å². The summed E-state index contributed by atoms with van der Waals surface area (Å²) < 4.78 is 32.4. The molecule has 0 aliphatic rings. The SMILES string of the molecule is CCCCNC(=O)[C@@H](C)N(Cc1ccccc1)C(=O)CN(c1ccc(OCc2ccccc2)cc1)S(C)(=O)=O. The van der Waals surface area contributed by atoms with Crippen LogP contribution in [0.15, 0.2) is 84.9 Å². The number of sulfonamides is 1. The number of unbranched alkanes of at least 4 members (excludes halogenated alkanes) is 1. The van der Waals surface area contributed by atoms with Gasteiger partial charge in [-0.15, -0.1) is 0 Å². The molecule has 0 aliphatic carbocycles. The molecule has 0 aromatic heterocycles. The summed E-state index contributed by atoms with van der Waals surface area (Å²) in [5.41, 5.74) is 2.18. The fourth-order valence-electron chi connectivity index (χ4n) is 3.96. The highest BCUT2D eigenvalue weighted by Gasteiger charge is 2.30. The van der Waals surface area contributed by atoms with E-state index in [1.165, 1.54) is 4.90 Å². The van der Waals surface area contributed by atoms with Gasteiger partial charge in [-0.3, -0.25) is 13.9 Å². The quantitative estimate of drug-likeness (QED) is 0.300. The molecule has 1 N–H and O–H groups in total. The van der Waals surface area contributed by atoms with E-state index in [-0.39, 0.29) is 12.5 Å². The summed E-state index contributed by atoms with van der Waals surface area (Å²) in [6, 6.07) is 24.8. The lowest BCUT2D eigenvalue weighted by Gasteiger charge is -2.31. The van der Waals surface area contributed by atoms with E-state index in [9.17, 15) is 18.0 Å². The van der Waals surface area contributed by atoms with Gasteiger partial charge in [0, 0.05) is 13.1 Å². The van der Waals surface area contributed by atoms with Gasteiger partial charge in [-0.2, -0.15) is 0 Å². The summed E-state index contributed by atoms with van der Waals surface area (Å²) in [5, 5.41) is 2.87. The number of carbonyl (C=O) groups excluding carboxylic acids is 2. The zero-order valence-corrected chi connectivity index (χ0v) is 23.6. The number of hydrogen-bond acceptors (Lipinski definition) is 5. The number of rotatable bonds is 14. The molecular formula is C30H37N3O5S. The average molecular weight is 552 g/mol. The van der Waals surface area contributed by atoms with E-state index in [1.54, 1.807) is 31.2 Å². The first-order valence-corrected chi connectivity index (χ1v) is 14.9. The van der Waals surface area contributed by atoms with Crippen LogP contribution in [-0.4, -0.2) is 50.5 Å². The molecule has 0 saturated heterocycles. The molecule has 8 nitrogen and oxygen atoms in total. The molecule has 3 rings (SSSR count). The Balaban J connectivity index is 1.78. The number of amides is 2. The summed E-state index contributed by atoms with van der Waals surface area (Å²) in [7, 11) is -3.81. The summed E-state index contributed by atoms with van der Waals surface area (Å²) in [6.07, 6.45) is 2.82. The average Bonchev–Trinajstić information content (AvgIpc) is 2.94. The second kappa shape index (κ2) is 14.3. The zero-order chi connectivity index (χ0) is 28.3. The summed E-state index contributed by atoms with van der Waals surface area (Å²) in [5.74, 6) is -0.184. The molecule has 9 heteroatoms. The largest absolute Gasteiger partial charge is 0.489 e. The number of benzene rings is 3. The number of ether oxygens (including phenoxy) is 1. The second-order valence-corrected chi connectivity index (χ2v) is 11.3. The van der Waals surface area contributed by atoms with Gasteiger partial charge in [-0.25, -0.2) is 8.42 Å². The molecule has 208 valence electrons. The second-order valence-electron chi connectivity index (χ2n) is 9.37. The molecule has 0 unspecified atom stereocenters. The Hall–Kier alpha value is -3.85. The lowest BCUT2D eigenvalue weighted by molar-refractivity contribution is -0.139. The number of nitrogens with one attached hydrogen (secondary N) is 1. The molecule has 0 spiro atoms. The summed E-state index contributed by atoms with van der Waals surface area (Å²) in [6.45, 7) is 4.31. The summed E-state index contributed by atoms with van der Waals surface area (Å²) in [4.78, 5) is 27.9. The molecule has 0 fully saturated rings. The third-order valence-corrected chi connectivity index (χ3v) is 7.39. The van der Waals surface area contributed by atoms with E-state index in [2.05, 4.69) is 5.32 Å². The fraction of sp³-hybridized carbons (Fsp3) is 0.333. The Morgan fingerprint density at radius 1 is 0.897 bits per heavy atom. The normalized spacial score (nSPS) is 11.9. The number of hydrogen-bond donors (Lipinski definition) is 1.